The van der Waals surface area contributed by atoms with E-state index in [4.69, 9.17) is 31.8 Å². The summed E-state index contributed by atoms with van der Waals surface area (Å²) in [6, 6.07) is 11.8. The van der Waals surface area contributed by atoms with Crippen LogP contribution in [0.15, 0.2) is 65.7 Å². The fraction of sp³-hybridized carbons (Fsp3) is 0.217. The molecule has 33 heavy (non-hydrogen) atoms. The van der Waals surface area contributed by atoms with Crippen LogP contribution in [0.5, 0.6) is 5.75 Å². The molecule has 3 heterocycles. The van der Waals surface area contributed by atoms with Crippen molar-refractivity contribution in [2.45, 2.75) is 6.17 Å². The Balaban J connectivity index is 1.49. The zero-order valence-corrected chi connectivity index (χ0v) is 18.8. The maximum Gasteiger partial charge on any atom is 0.204 e. The third-order valence-electron chi connectivity index (χ3n) is 5.78. The number of nitrogens with two attached hydrogens (primary N) is 1. The molecule has 8 nitrogen and oxygen atoms in total. The van der Waals surface area contributed by atoms with E-state index in [9.17, 15) is 4.39 Å². The number of ether oxygens (including phenoxy) is 2. The average Bonchev–Trinajstić information content (AvgIpc) is 3.44. The van der Waals surface area contributed by atoms with Crippen LogP contribution in [0.25, 0.3) is 11.4 Å². The van der Waals surface area contributed by atoms with Gasteiger partial charge in [0.1, 0.15) is 35.4 Å². The van der Waals surface area contributed by atoms with E-state index in [1.165, 1.54) is 12.1 Å². The van der Waals surface area contributed by atoms with Crippen LogP contribution in [0.1, 0.15) is 5.56 Å². The van der Waals surface area contributed by atoms with Gasteiger partial charge < -0.3 is 30.0 Å². The van der Waals surface area contributed by atoms with Crippen LogP contribution in [0.2, 0.25) is 5.15 Å². The standard InChI is InChI=1S/C23H22ClFN6O2/c1-30-22(26)16-11-33-21(13-3-5-14(25)6-4-13)20(16)29-23(30)28-15-7-8-17(18(9-15)32-2)31-10-19(24)27-12-31/h3-10,12,16,22H,11,26H2,1-2H3,(H,28,29). The van der Waals surface area contributed by atoms with Gasteiger partial charge in [0.25, 0.3) is 0 Å². The number of anilines is 1. The van der Waals surface area contributed by atoms with Crippen molar-refractivity contribution < 1.29 is 13.9 Å². The Morgan fingerprint density at radius 1 is 1.24 bits per heavy atom. The molecule has 0 amide bonds. The first kappa shape index (κ1) is 21.3. The summed E-state index contributed by atoms with van der Waals surface area (Å²) >= 11 is 5.95. The first-order valence-corrected chi connectivity index (χ1v) is 10.7. The van der Waals surface area contributed by atoms with Gasteiger partial charge in [-0.15, -0.1) is 0 Å². The molecule has 2 aromatic carbocycles. The molecule has 2 atom stereocenters. The summed E-state index contributed by atoms with van der Waals surface area (Å²) in [7, 11) is 3.48. The Morgan fingerprint density at radius 3 is 2.73 bits per heavy atom. The number of nitrogens with zero attached hydrogens (tertiary/aromatic N) is 4. The van der Waals surface area contributed by atoms with E-state index >= 15 is 0 Å². The number of methoxy groups -OCH3 is 1. The summed E-state index contributed by atoms with van der Waals surface area (Å²) in [5, 5.41) is 3.72. The second kappa shape index (κ2) is 8.42. The van der Waals surface area contributed by atoms with Gasteiger partial charge in [-0.1, -0.05) is 11.6 Å². The van der Waals surface area contributed by atoms with Crippen LogP contribution < -0.4 is 15.8 Å². The third-order valence-corrected chi connectivity index (χ3v) is 5.98. The lowest BCUT2D eigenvalue weighted by molar-refractivity contribution is 0.201. The number of imidazole rings is 1. The van der Waals surface area contributed by atoms with Gasteiger partial charge in [0, 0.05) is 30.6 Å². The highest BCUT2D eigenvalue weighted by Crippen LogP contribution is 2.38. The largest absolute Gasteiger partial charge is 0.494 e. The molecule has 3 aromatic rings. The van der Waals surface area contributed by atoms with Crippen molar-refractivity contribution in [3.63, 3.8) is 0 Å². The van der Waals surface area contributed by atoms with Crippen molar-refractivity contribution in [3.8, 4) is 11.4 Å². The zero-order chi connectivity index (χ0) is 23.1. The number of fused-ring (bicyclic) bond motifs is 1. The smallest absolute Gasteiger partial charge is 0.204 e. The molecule has 0 bridgehead atoms. The molecule has 3 N–H and O–H groups in total. The first-order chi connectivity index (χ1) is 15.9. The van der Waals surface area contributed by atoms with Crippen molar-refractivity contribution in [3.05, 3.63) is 77.2 Å². The third kappa shape index (κ3) is 3.90. The molecule has 170 valence electrons. The molecule has 1 aromatic heterocycles. The van der Waals surface area contributed by atoms with Gasteiger partial charge >= 0.3 is 0 Å². The number of hydrogen-bond acceptors (Lipinski definition) is 7. The highest BCUT2D eigenvalue weighted by molar-refractivity contribution is 6.29. The minimum absolute atomic E-state index is 0.0940. The Labute approximate surface area is 195 Å². The number of rotatable bonds is 4. The van der Waals surface area contributed by atoms with Crippen molar-refractivity contribution in [1.82, 2.24) is 14.5 Å². The lowest BCUT2D eigenvalue weighted by Gasteiger charge is -2.35. The Kier molecular flexibility index (Phi) is 5.43. The van der Waals surface area contributed by atoms with E-state index in [2.05, 4.69) is 10.3 Å². The SMILES string of the molecule is COc1cc(NC2=NC3=C(c4ccc(F)cc4)OCC3C(N)N2C)ccc1-n1cnc(Cl)c1. The minimum atomic E-state index is -0.341. The van der Waals surface area contributed by atoms with Gasteiger partial charge in [0.2, 0.25) is 5.96 Å². The number of nitrogens with one attached hydrogen (secondary N) is 1. The quantitative estimate of drug-likeness (QED) is 0.607. The van der Waals surface area contributed by atoms with Crippen molar-refractivity contribution in [2.75, 3.05) is 26.1 Å². The molecule has 0 radical (unpaired) electrons. The molecule has 2 aliphatic rings. The van der Waals surface area contributed by atoms with Crippen LogP contribution in [0, 0.1) is 11.7 Å². The number of halogens is 2. The van der Waals surface area contributed by atoms with Crippen molar-refractivity contribution >= 4 is 29.0 Å². The maximum atomic E-state index is 13.4. The second-order valence-corrected chi connectivity index (χ2v) is 8.18. The van der Waals surface area contributed by atoms with Crippen LogP contribution in [-0.2, 0) is 4.74 Å². The van der Waals surface area contributed by atoms with Gasteiger partial charge in [-0.3, -0.25) is 0 Å². The second-order valence-electron chi connectivity index (χ2n) is 7.79. The van der Waals surface area contributed by atoms with Crippen molar-refractivity contribution in [2.24, 2.45) is 16.6 Å². The first-order valence-electron chi connectivity index (χ1n) is 10.3. The Bertz CT molecular complexity index is 1260. The van der Waals surface area contributed by atoms with Crippen LogP contribution in [-0.4, -0.2) is 47.3 Å². The van der Waals surface area contributed by atoms with E-state index in [1.54, 1.807) is 36.3 Å². The fourth-order valence-corrected chi connectivity index (χ4v) is 4.12. The molecular formula is C23H22ClFN6O2. The molecule has 0 saturated heterocycles. The highest BCUT2D eigenvalue weighted by Gasteiger charge is 2.39. The predicted molar refractivity (Wildman–Crippen MR) is 125 cm³/mol. The molecule has 0 aliphatic carbocycles. The number of guanidine groups is 1. The number of aliphatic imine (C=N–C) groups is 1. The lowest BCUT2D eigenvalue weighted by atomic mass is 10.00. The molecule has 2 aliphatic heterocycles. The topological polar surface area (TPSA) is 89.9 Å². The molecular weight excluding hydrogens is 447 g/mol. The van der Waals surface area contributed by atoms with E-state index in [1.807, 2.05) is 30.1 Å². The normalized spacial score (nSPS) is 19.8. The maximum absolute atomic E-state index is 13.4. The highest BCUT2D eigenvalue weighted by atomic mass is 35.5. The Morgan fingerprint density at radius 2 is 2.03 bits per heavy atom. The van der Waals surface area contributed by atoms with Gasteiger partial charge in [-0.25, -0.2) is 14.4 Å². The monoisotopic (exact) mass is 468 g/mol. The van der Waals surface area contributed by atoms with E-state index < -0.39 is 0 Å². The van der Waals surface area contributed by atoms with Crippen molar-refractivity contribution in [1.29, 1.82) is 0 Å². The zero-order valence-electron chi connectivity index (χ0n) is 18.0. The predicted octanol–water partition coefficient (Wildman–Crippen LogP) is 3.69. The molecule has 2 unspecified atom stereocenters. The van der Waals surface area contributed by atoms with E-state index in [-0.39, 0.29) is 17.9 Å². The number of hydrogen-bond donors (Lipinski definition) is 2. The van der Waals surface area contributed by atoms with Crippen LogP contribution in [0.4, 0.5) is 10.1 Å². The van der Waals surface area contributed by atoms with Gasteiger partial charge in [0.05, 0.1) is 30.6 Å². The molecule has 0 spiro atoms. The molecule has 10 heteroatoms. The van der Waals surface area contributed by atoms with E-state index in [0.29, 0.717) is 29.2 Å². The minimum Gasteiger partial charge on any atom is -0.494 e. The van der Waals surface area contributed by atoms with Gasteiger partial charge in [0.15, 0.2) is 0 Å². The van der Waals surface area contributed by atoms with Gasteiger partial charge in [-0.2, -0.15) is 0 Å². The number of aromatic nitrogens is 2. The lowest BCUT2D eigenvalue weighted by Crippen LogP contribution is -2.53. The fourth-order valence-electron chi connectivity index (χ4n) is 3.97. The summed E-state index contributed by atoms with van der Waals surface area (Å²) in [5.41, 5.74) is 9.58. The number of benzene rings is 2. The van der Waals surface area contributed by atoms with E-state index in [0.717, 1.165) is 22.6 Å². The summed E-state index contributed by atoms with van der Waals surface area (Å²) in [6.07, 6.45) is 2.98. The van der Waals surface area contributed by atoms with Crippen LogP contribution in [0.3, 0.4) is 0 Å². The summed E-state index contributed by atoms with van der Waals surface area (Å²) in [5.74, 6) is 1.42. The van der Waals surface area contributed by atoms with Gasteiger partial charge in [-0.05, 0) is 36.4 Å². The summed E-state index contributed by atoms with van der Waals surface area (Å²) in [6.45, 7) is 0.417. The molecule has 0 saturated carbocycles. The van der Waals surface area contributed by atoms with Crippen LogP contribution >= 0.6 is 11.6 Å². The molecule has 0 fully saturated rings. The molecule has 5 rings (SSSR count). The Hall–Kier alpha value is -3.56. The summed E-state index contributed by atoms with van der Waals surface area (Å²) < 4.78 is 26.7. The average molecular weight is 469 g/mol. The summed E-state index contributed by atoms with van der Waals surface area (Å²) in [4.78, 5) is 10.8.